The second-order valence-electron chi connectivity index (χ2n) is 4.91. The Balaban J connectivity index is 1.94. The van der Waals surface area contributed by atoms with Crippen LogP contribution >= 0.6 is 0 Å². The number of nitriles is 1. The fourth-order valence-corrected chi connectivity index (χ4v) is 2.41. The Morgan fingerprint density at radius 3 is 3.00 bits per heavy atom. The number of methoxy groups -OCH3 is 1. The normalized spacial score (nSPS) is 21.4. The number of nitrogens with one attached hydrogen (secondary N) is 1. The first-order chi connectivity index (χ1) is 8.78. The predicted octanol–water partition coefficient (Wildman–Crippen LogP) is 2.85. The third-order valence-corrected chi connectivity index (χ3v) is 3.55. The summed E-state index contributed by atoms with van der Waals surface area (Å²) in [6, 6.07) is 8.38. The number of benzene rings is 1. The van der Waals surface area contributed by atoms with Gasteiger partial charge in [0.05, 0.1) is 18.7 Å². The summed E-state index contributed by atoms with van der Waals surface area (Å²) in [5, 5.41) is 12.5. The highest BCUT2D eigenvalue weighted by Crippen LogP contribution is 2.35. The van der Waals surface area contributed by atoms with Crippen LogP contribution in [0.15, 0.2) is 18.2 Å². The van der Waals surface area contributed by atoms with E-state index in [1.165, 1.54) is 19.3 Å². The van der Waals surface area contributed by atoms with Crippen molar-refractivity contribution < 1.29 is 4.74 Å². The lowest BCUT2D eigenvalue weighted by molar-refractivity contribution is 0.407. The van der Waals surface area contributed by atoms with Gasteiger partial charge in [0.15, 0.2) is 0 Å². The second-order valence-corrected chi connectivity index (χ2v) is 4.91. The number of rotatable bonds is 6. The van der Waals surface area contributed by atoms with Gasteiger partial charge in [-0.3, -0.25) is 0 Å². The molecule has 2 atom stereocenters. The molecule has 1 aliphatic carbocycles. The molecule has 0 spiro atoms. The van der Waals surface area contributed by atoms with Gasteiger partial charge in [-0.1, -0.05) is 13.3 Å². The van der Waals surface area contributed by atoms with Gasteiger partial charge < -0.3 is 10.1 Å². The van der Waals surface area contributed by atoms with Crippen LogP contribution in [0.5, 0.6) is 5.75 Å². The Morgan fingerprint density at radius 1 is 1.50 bits per heavy atom. The number of hydrogen-bond acceptors (Lipinski definition) is 3. The number of hydrogen-bond donors (Lipinski definition) is 1. The Hall–Kier alpha value is -1.53. The molecule has 96 valence electrons. The SMILES string of the molecule is CCCC1CC1NCc1cc(C#N)ccc1OC. The molecule has 18 heavy (non-hydrogen) atoms. The molecule has 1 aliphatic rings. The van der Waals surface area contributed by atoms with Crippen molar-refractivity contribution in [3.05, 3.63) is 29.3 Å². The smallest absolute Gasteiger partial charge is 0.123 e. The maximum atomic E-state index is 8.92. The molecular formula is C15H20N2O. The average Bonchev–Trinajstić information content (AvgIpc) is 3.15. The van der Waals surface area contributed by atoms with Gasteiger partial charge in [-0.05, 0) is 37.0 Å². The summed E-state index contributed by atoms with van der Waals surface area (Å²) in [7, 11) is 1.67. The Labute approximate surface area is 109 Å². The molecule has 2 rings (SSSR count). The molecule has 1 aromatic rings. The van der Waals surface area contributed by atoms with Gasteiger partial charge >= 0.3 is 0 Å². The molecule has 0 heterocycles. The monoisotopic (exact) mass is 244 g/mol. The number of ether oxygens (including phenoxy) is 1. The minimum Gasteiger partial charge on any atom is -0.496 e. The molecule has 0 bridgehead atoms. The van der Waals surface area contributed by atoms with E-state index in [1.54, 1.807) is 13.2 Å². The minimum atomic E-state index is 0.653. The van der Waals surface area contributed by atoms with E-state index in [2.05, 4.69) is 18.3 Å². The van der Waals surface area contributed by atoms with Crippen LogP contribution in [0.3, 0.4) is 0 Å². The number of nitrogens with zero attached hydrogens (tertiary/aromatic N) is 1. The van der Waals surface area contributed by atoms with Crippen molar-refractivity contribution in [2.75, 3.05) is 7.11 Å². The predicted molar refractivity (Wildman–Crippen MR) is 71.4 cm³/mol. The molecule has 1 N–H and O–H groups in total. The van der Waals surface area contributed by atoms with Crippen LogP contribution in [-0.2, 0) is 6.54 Å². The van der Waals surface area contributed by atoms with Crippen LogP contribution in [0.25, 0.3) is 0 Å². The van der Waals surface area contributed by atoms with Crippen molar-refractivity contribution in [1.82, 2.24) is 5.32 Å². The summed E-state index contributed by atoms with van der Waals surface area (Å²) < 4.78 is 5.32. The molecule has 1 saturated carbocycles. The Morgan fingerprint density at radius 2 is 2.33 bits per heavy atom. The lowest BCUT2D eigenvalue weighted by Crippen LogP contribution is -2.18. The summed E-state index contributed by atoms with van der Waals surface area (Å²) in [6.45, 7) is 3.01. The van der Waals surface area contributed by atoms with Crippen LogP contribution in [-0.4, -0.2) is 13.2 Å². The standard InChI is InChI=1S/C15H20N2O/c1-3-4-12-8-14(12)17-10-13-7-11(9-16)5-6-15(13)18-2/h5-7,12,14,17H,3-4,8,10H2,1-2H3. The minimum absolute atomic E-state index is 0.653. The van der Waals surface area contributed by atoms with Crippen molar-refractivity contribution in [3.8, 4) is 11.8 Å². The van der Waals surface area contributed by atoms with Crippen LogP contribution in [0.2, 0.25) is 0 Å². The maximum Gasteiger partial charge on any atom is 0.123 e. The first kappa shape index (κ1) is 12.9. The van der Waals surface area contributed by atoms with Gasteiger partial charge in [-0.2, -0.15) is 5.26 Å². The largest absolute Gasteiger partial charge is 0.496 e. The fourth-order valence-electron chi connectivity index (χ4n) is 2.41. The van der Waals surface area contributed by atoms with E-state index < -0.39 is 0 Å². The second kappa shape index (κ2) is 5.88. The van der Waals surface area contributed by atoms with E-state index in [9.17, 15) is 0 Å². The highest BCUT2D eigenvalue weighted by molar-refractivity contribution is 5.42. The van der Waals surface area contributed by atoms with Crippen molar-refractivity contribution >= 4 is 0 Å². The zero-order valence-corrected chi connectivity index (χ0v) is 11.1. The molecule has 0 amide bonds. The lowest BCUT2D eigenvalue weighted by Gasteiger charge is -2.10. The van der Waals surface area contributed by atoms with Crippen molar-refractivity contribution in [1.29, 1.82) is 5.26 Å². The molecule has 0 aliphatic heterocycles. The van der Waals surface area contributed by atoms with Crippen LogP contribution < -0.4 is 10.1 Å². The van der Waals surface area contributed by atoms with E-state index in [0.717, 1.165) is 23.8 Å². The first-order valence-corrected chi connectivity index (χ1v) is 6.58. The van der Waals surface area contributed by atoms with Crippen LogP contribution in [0.1, 0.15) is 37.3 Å². The van der Waals surface area contributed by atoms with Crippen LogP contribution in [0.4, 0.5) is 0 Å². The summed E-state index contributed by atoms with van der Waals surface area (Å²) in [6.07, 6.45) is 3.86. The molecule has 3 nitrogen and oxygen atoms in total. The zero-order chi connectivity index (χ0) is 13.0. The van der Waals surface area contributed by atoms with Gasteiger partial charge in [-0.25, -0.2) is 0 Å². The topological polar surface area (TPSA) is 45.0 Å². The molecule has 2 unspecified atom stereocenters. The Kier molecular flexibility index (Phi) is 4.22. The quantitative estimate of drug-likeness (QED) is 0.837. The molecule has 1 aromatic carbocycles. The van der Waals surface area contributed by atoms with E-state index >= 15 is 0 Å². The van der Waals surface area contributed by atoms with E-state index in [0.29, 0.717) is 11.6 Å². The molecule has 0 aromatic heterocycles. The lowest BCUT2D eigenvalue weighted by atomic mass is 10.1. The fraction of sp³-hybridized carbons (Fsp3) is 0.533. The average molecular weight is 244 g/mol. The summed E-state index contributed by atoms with van der Waals surface area (Å²) in [4.78, 5) is 0. The Bertz CT molecular complexity index is 450. The third kappa shape index (κ3) is 3.02. The van der Waals surface area contributed by atoms with Gasteiger partial charge in [0.2, 0.25) is 0 Å². The van der Waals surface area contributed by atoms with Crippen molar-refractivity contribution in [2.24, 2.45) is 5.92 Å². The van der Waals surface area contributed by atoms with E-state index in [4.69, 9.17) is 10.00 Å². The van der Waals surface area contributed by atoms with E-state index in [-0.39, 0.29) is 0 Å². The molecule has 0 saturated heterocycles. The third-order valence-electron chi connectivity index (χ3n) is 3.55. The van der Waals surface area contributed by atoms with Gasteiger partial charge in [0.25, 0.3) is 0 Å². The van der Waals surface area contributed by atoms with Gasteiger partial charge in [-0.15, -0.1) is 0 Å². The highest BCUT2D eigenvalue weighted by atomic mass is 16.5. The summed E-state index contributed by atoms with van der Waals surface area (Å²) in [5.74, 6) is 1.70. The highest BCUT2D eigenvalue weighted by Gasteiger charge is 2.35. The van der Waals surface area contributed by atoms with Gasteiger partial charge in [0, 0.05) is 18.2 Å². The van der Waals surface area contributed by atoms with Crippen molar-refractivity contribution in [2.45, 2.75) is 38.8 Å². The molecular weight excluding hydrogens is 224 g/mol. The van der Waals surface area contributed by atoms with Crippen LogP contribution in [0, 0.1) is 17.2 Å². The molecule has 1 fully saturated rings. The summed E-state index contributed by atoms with van der Waals surface area (Å²) >= 11 is 0. The van der Waals surface area contributed by atoms with Crippen molar-refractivity contribution in [3.63, 3.8) is 0 Å². The summed E-state index contributed by atoms with van der Waals surface area (Å²) in [5.41, 5.74) is 1.76. The zero-order valence-electron chi connectivity index (χ0n) is 11.1. The maximum absolute atomic E-state index is 8.92. The van der Waals surface area contributed by atoms with Gasteiger partial charge in [0.1, 0.15) is 5.75 Å². The molecule has 3 heteroatoms. The van der Waals surface area contributed by atoms with E-state index in [1.807, 2.05) is 12.1 Å². The first-order valence-electron chi connectivity index (χ1n) is 6.58. The molecule has 0 radical (unpaired) electrons.